The van der Waals surface area contributed by atoms with Gasteiger partial charge in [0.2, 0.25) is 5.75 Å². The first kappa shape index (κ1) is 21.2. The number of ether oxygens (including phenoxy) is 3. The minimum atomic E-state index is -0.590. The lowest BCUT2D eigenvalue weighted by molar-refractivity contribution is 0.324. The molecule has 3 aromatic rings. The number of aromatic amines is 1. The van der Waals surface area contributed by atoms with E-state index in [9.17, 15) is 14.4 Å². The van der Waals surface area contributed by atoms with Crippen molar-refractivity contribution in [3.8, 4) is 34.6 Å². The molecule has 9 heteroatoms. The summed E-state index contributed by atoms with van der Waals surface area (Å²) in [6, 6.07) is 11.5. The van der Waals surface area contributed by atoms with Gasteiger partial charge in [-0.25, -0.2) is 9.37 Å². The number of nitrogens with zero attached hydrogens (tertiary/aromatic N) is 2. The molecule has 3 rings (SSSR count). The smallest absolute Gasteiger partial charge is 0.270 e. The van der Waals surface area contributed by atoms with Crippen molar-refractivity contribution in [2.45, 2.75) is 10.9 Å². The number of halogens is 1. The highest BCUT2D eigenvalue weighted by Crippen LogP contribution is 2.41. The zero-order valence-corrected chi connectivity index (χ0v) is 17.3. The minimum Gasteiger partial charge on any atom is -0.493 e. The Hall–Kier alpha value is -3.51. The van der Waals surface area contributed by atoms with Gasteiger partial charge in [-0.2, -0.15) is 5.26 Å². The van der Waals surface area contributed by atoms with E-state index in [1.165, 1.54) is 27.4 Å². The number of thioether (sulfide) groups is 1. The molecule has 0 spiro atoms. The zero-order chi connectivity index (χ0) is 21.7. The standard InChI is InChI=1S/C21H18FN3O4S/c1-27-16-8-13(9-17(28-2)19(16)29-3)18-14(10-23)20(26)25-21(24-18)30-11-12-6-4-5-7-15(12)22/h4-9H,11H2,1-3H3,(H,24,25,26). The fraction of sp³-hybridized carbons (Fsp3) is 0.190. The summed E-state index contributed by atoms with van der Waals surface area (Å²) in [7, 11) is 4.41. The van der Waals surface area contributed by atoms with E-state index in [0.29, 0.717) is 28.4 Å². The molecule has 154 valence electrons. The molecule has 0 radical (unpaired) electrons. The van der Waals surface area contributed by atoms with Gasteiger partial charge < -0.3 is 19.2 Å². The van der Waals surface area contributed by atoms with Gasteiger partial charge in [0.05, 0.1) is 27.0 Å². The summed E-state index contributed by atoms with van der Waals surface area (Å²) in [5.41, 5.74) is 0.340. The topological polar surface area (TPSA) is 97.2 Å². The summed E-state index contributed by atoms with van der Waals surface area (Å²) in [6.45, 7) is 0. The van der Waals surface area contributed by atoms with E-state index >= 15 is 0 Å². The Morgan fingerprint density at radius 3 is 2.37 bits per heavy atom. The highest BCUT2D eigenvalue weighted by Gasteiger charge is 2.19. The average molecular weight is 427 g/mol. The van der Waals surface area contributed by atoms with Crippen molar-refractivity contribution < 1.29 is 18.6 Å². The van der Waals surface area contributed by atoms with Crippen molar-refractivity contribution in [3.63, 3.8) is 0 Å². The van der Waals surface area contributed by atoms with Crippen molar-refractivity contribution in [1.29, 1.82) is 5.26 Å². The molecule has 1 N–H and O–H groups in total. The first-order chi connectivity index (χ1) is 14.5. The van der Waals surface area contributed by atoms with Gasteiger partial charge in [0.15, 0.2) is 16.7 Å². The SMILES string of the molecule is COc1cc(-c2nc(SCc3ccccc3F)[nH]c(=O)c2C#N)cc(OC)c1OC. The highest BCUT2D eigenvalue weighted by molar-refractivity contribution is 7.98. The van der Waals surface area contributed by atoms with Crippen molar-refractivity contribution in [2.24, 2.45) is 0 Å². The summed E-state index contributed by atoms with van der Waals surface area (Å²) < 4.78 is 29.9. The molecular formula is C21H18FN3O4S. The molecule has 30 heavy (non-hydrogen) atoms. The molecule has 1 heterocycles. The van der Waals surface area contributed by atoms with Gasteiger partial charge in [0, 0.05) is 11.3 Å². The first-order valence-electron chi connectivity index (χ1n) is 8.73. The second-order valence-electron chi connectivity index (χ2n) is 6.00. The predicted octanol–water partition coefficient (Wildman–Crippen LogP) is 3.77. The van der Waals surface area contributed by atoms with Crippen LogP contribution < -0.4 is 19.8 Å². The molecule has 0 saturated carbocycles. The van der Waals surface area contributed by atoms with Crippen molar-refractivity contribution in [1.82, 2.24) is 9.97 Å². The third kappa shape index (κ3) is 4.23. The fourth-order valence-corrected chi connectivity index (χ4v) is 3.66. The Labute approximate surface area is 176 Å². The number of methoxy groups -OCH3 is 3. The second-order valence-corrected chi connectivity index (χ2v) is 6.96. The van der Waals surface area contributed by atoms with Crippen LogP contribution in [0.25, 0.3) is 11.3 Å². The Kier molecular flexibility index (Phi) is 6.59. The van der Waals surface area contributed by atoms with E-state index in [0.717, 1.165) is 11.8 Å². The van der Waals surface area contributed by atoms with E-state index < -0.39 is 5.56 Å². The van der Waals surface area contributed by atoms with E-state index in [1.54, 1.807) is 30.3 Å². The monoisotopic (exact) mass is 427 g/mol. The Morgan fingerprint density at radius 2 is 1.80 bits per heavy atom. The zero-order valence-electron chi connectivity index (χ0n) is 16.5. The molecule has 0 aliphatic carbocycles. The van der Waals surface area contributed by atoms with Crippen LogP contribution in [0.3, 0.4) is 0 Å². The lowest BCUT2D eigenvalue weighted by Crippen LogP contribution is -2.15. The average Bonchev–Trinajstić information content (AvgIpc) is 2.77. The number of benzene rings is 2. The van der Waals surface area contributed by atoms with Crippen LogP contribution in [0.4, 0.5) is 4.39 Å². The van der Waals surface area contributed by atoms with Gasteiger partial charge in [-0.15, -0.1) is 0 Å². The van der Waals surface area contributed by atoms with Crippen LogP contribution in [0.15, 0.2) is 46.3 Å². The molecule has 2 aromatic carbocycles. The number of hydrogen-bond acceptors (Lipinski definition) is 7. The van der Waals surface area contributed by atoms with Gasteiger partial charge in [0.25, 0.3) is 5.56 Å². The molecule has 0 aliphatic rings. The number of nitriles is 1. The quantitative estimate of drug-likeness (QED) is 0.453. The lowest BCUT2D eigenvalue weighted by Gasteiger charge is -2.14. The summed E-state index contributed by atoms with van der Waals surface area (Å²) in [5, 5.41) is 9.75. The van der Waals surface area contributed by atoms with Crippen molar-refractivity contribution in [2.75, 3.05) is 21.3 Å². The molecule has 0 fully saturated rings. The van der Waals surface area contributed by atoms with Crippen LogP contribution in [0.1, 0.15) is 11.1 Å². The Bertz CT molecular complexity index is 1150. The molecule has 7 nitrogen and oxygen atoms in total. The third-order valence-electron chi connectivity index (χ3n) is 4.27. The first-order valence-corrected chi connectivity index (χ1v) is 9.72. The van der Waals surface area contributed by atoms with Crippen LogP contribution in [-0.4, -0.2) is 31.3 Å². The molecule has 0 atom stereocenters. The normalized spacial score (nSPS) is 10.4. The maximum Gasteiger partial charge on any atom is 0.270 e. The maximum atomic E-state index is 13.9. The fourth-order valence-electron chi connectivity index (χ4n) is 2.81. The second kappa shape index (κ2) is 9.33. The minimum absolute atomic E-state index is 0.153. The molecule has 0 bridgehead atoms. The van der Waals surface area contributed by atoms with E-state index in [2.05, 4.69) is 9.97 Å². The third-order valence-corrected chi connectivity index (χ3v) is 5.19. The van der Waals surface area contributed by atoms with Crippen molar-refractivity contribution >= 4 is 11.8 Å². The molecular weight excluding hydrogens is 409 g/mol. The number of hydrogen-bond donors (Lipinski definition) is 1. The Morgan fingerprint density at radius 1 is 1.13 bits per heavy atom. The molecule has 0 amide bonds. The Balaban J connectivity index is 2.07. The summed E-state index contributed by atoms with van der Waals surface area (Å²) in [6.07, 6.45) is 0. The largest absolute Gasteiger partial charge is 0.493 e. The van der Waals surface area contributed by atoms with Gasteiger partial charge >= 0.3 is 0 Å². The van der Waals surface area contributed by atoms with Gasteiger partial charge in [0.1, 0.15) is 17.4 Å². The van der Waals surface area contributed by atoms with Gasteiger partial charge in [-0.3, -0.25) is 4.79 Å². The predicted molar refractivity (Wildman–Crippen MR) is 111 cm³/mol. The number of H-pyrrole nitrogens is 1. The summed E-state index contributed by atoms with van der Waals surface area (Å²) >= 11 is 1.15. The van der Waals surface area contributed by atoms with Gasteiger partial charge in [-0.05, 0) is 23.8 Å². The van der Waals surface area contributed by atoms with Crippen LogP contribution in [0, 0.1) is 17.1 Å². The summed E-state index contributed by atoms with van der Waals surface area (Å²) in [5.74, 6) is 1.01. The van der Waals surface area contributed by atoms with Crippen LogP contribution in [-0.2, 0) is 5.75 Å². The molecule has 0 unspecified atom stereocenters. The van der Waals surface area contributed by atoms with Gasteiger partial charge in [-0.1, -0.05) is 30.0 Å². The molecule has 0 saturated heterocycles. The number of rotatable bonds is 7. The van der Waals surface area contributed by atoms with Crippen LogP contribution >= 0.6 is 11.8 Å². The van der Waals surface area contributed by atoms with Crippen LogP contribution in [0.2, 0.25) is 0 Å². The maximum absolute atomic E-state index is 13.9. The lowest BCUT2D eigenvalue weighted by atomic mass is 10.1. The highest BCUT2D eigenvalue weighted by atomic mass is 32.2. The number of aromatic nitrogens is 2. The van der Waals surface area contributed by atoms with E-state index in [-0.39, 0.29) is 28.0 Å². The van der Waals surface area contributed by atoms with E-state index in [1.807, 2.05) is 6.07 Å². The van der Waals surface area contributed by atoms with Crippen LogP contribution in [0.5, 0.6) is 17.2 Å². The summed E-state index contributed by atoms with van der Waals surface area (Å²) in [4.78, 5) is 19.5. The van der Waals surface area contributed by atoms with Crippen molar-refractivity contribution in [3.05, 3.63) is 63.7 Å². The van der Waals surface area contributed by atoms with E-state index in [4.69, 9.17) is 14.2 Å². The molecule has 1 aromatic heterocycles. The number of nitrogens with one attached hydrogen (secondary N) is 1. The molecule has 0 aliphatic heterocycles.